The Labute approximate surface area is 351 Å². The van der Waals surface area contributed by atoms with E-state index in [9.17, 15) is 0 Å². The molecule has 0 aliphatic heterocycles. The molecule has 2 aliphatic carbocycles. The Balaban J connectivity index is 1.08. The monoisotopic (exact) mass is 768 g/mol. The lowest BCUT2D eigenvalue weighted by Gasteiger charge is -2.32. The van der Waals surface area contributed by atoms with E-state index in [-0.39, 0.29) is 10.8 Å². The molecule has 0 spiro atoms. The molecule has 2 nitrogen and oxygen atoms in total. The molecule has 0 fully saturated rings. The molecule has 12 rings (SSSR count). The van der Waals surface area contributed by atoms with Crippen LogP contribution in [0.5, 0.6) is 0 Å². The highest BCUT2D eigenvalue weighted by Crippen LogP contribution is 2.58. The van der Waals surface area contributed by atoms with E-state index >= 15 is 0 Å². The van der Waals surface area contributed by atoms with Crippen molar-refractivity contribution in [2.24, 2.45) is 0 Å². The van der Waals surface area contributed by atoms with Crippen molar-refractivity contribution < 1.29 is 0 Å². The summed E-state index contributed by atoms with van der Waals surface area (Å²) in [6.45, 7) is 9.51. The largest absolute Gasteiger partial charge is 0.309 e. The SMILES string of the molecule is CC1(C)c2ccccc2-c2c(N(c3cccc4c3-c3ccccc3C4(C)C)c3cccc4c(-c5ccc(-n6c7ccccc7c7ccccc76)cc5)cccc34)cccc21. The van der Waals surface area contributed by atoms with Gasteiger partial charge in [0.1, 0.15) is 0 Å². The van der Waals surface area contributed by atoms with Crippen molar-refractivity contribution in [2.45, 2.75) is 38.5 Å². The van der Waals surface area contributed by atoms with Crippen LogP contribution in [-0.2, 0) is 10.8 Å². The van der Waals surface area contributed by atoms with Crippen molar-refractivity contribution in [2.75, 3.05) is 4.90 Å². The molecule has 0 N–H and O–H groups in total. The normalized spacial score (nSPS) is 14.3. The number of nitrogens with zero attached hydrogens (tertiary/aromatic N) is 2. The maximum absolute atomic E-state index is 2.59. The van der Waals surface area contributed by atoms with E-state index < -0.39 is 0 Å². The number of benzene rings is 9. The first-order valence-electron chi connectivity index (χ1n) is 21.2. The molecular formula is C58H44N2. The zero-order chi connectivity index (χ0) is 40.3. The van der Waals surface area contributed by atoms with Crippen LogP contribution < -0.4 is 4.90 Å². The van der Waals surface area contributed by atoms with Gasteiger partial charge < -0.3 is 9.47 Å². The predicted molar refractivity (Wildman–Crippen MR) is 254 cm³/mol. The molecule has 0 amide bonds. The lowest BCUT2D eigenvalue weighted by atomic mass is 9.82. The summed E-state index contributed by atoms with van der Waals surface area (Å²) in [6.07, 6.45) is 0. The quantitative estimate of drug-likeness (QED) is 0.169. The number of hydrogen-bond acceptors (Lipinski definition) is 1. The molecule has 1 heterocycles. The van der Waals surface area contributed by atoms with E-state index in [0.717, 1.165) is 5.69 Å². The van der Waals surface area contributed by atoms with Crippen molar-refractivity contribution in [3.63, 3.8) is 0 Å². The highest BCUT2D eigenvalue weighted by Gasteiger charge is 2.41. The van der Waals surface area contributed by atoms with E-state index in [1.54, 1.807) is 0 Å². The van der Waals surface area contributed by atoms with E-state index in [4.69, 9.17) is 0 Å². The number of anilines is 3. The van der Waals surface area contributed by atoms with Gasteiger partial charge in [-0.15, -0.1) is 0 Å². The van der Waals surface area contributed by atoms with Gasteiger partial charge in [-0.3, -0.25) is 0 Å². The van der Waals surface area contributed by atoms with Gasteiger partial charge in [-0.2, -0.15) is 0 Å². The Morgan fingerprint density at radius 3 is 1.33 bits per heavy atom. The Bertz CT molecular complexity index is 3220. The maximum Gasteiger partial charge on any atom is 0.0543 e. The summed E-state index contributed by atoms with van der Waals surface area (Å²) in [7, 11) is 0. The first-order valence-corrected chi connectivity index (χ1v) is 21.2. The van der Waals surface area contributed by atoms with Gasteiger partial charge in [0.15, 0.2) is 0 Å². The van der Waals surface area contributed by atoms with Gasteiger partial charge in [0.2, 0.25) is 0 Å². The number of aromatic nitrogens is 1. The fourth-order valence-corrected chi connectivity index (χ4v) is 11.0. The second-order valence-corrected chi connectivity index (χ2v) is 17.7. The Kier molecular flexibility index (Phi) is 7.36. The van der Waals surface area contributed by atoms with E-state index in [2.05, 4.69) is 231 Å². The highest BCUT2D eigenvalue weighted by molar-refractivity contribution is 6.11. The predicted octanol–water partition coefficient (Wildman–Crippen LogP) is 15.7. The summed E-state index contributed by atoms with van der Waals surface area (Å²) in [5.41, 5.74) is 20.1. The van der Waals surface area contributed by atoms with Gasteiger partial charge in [0.05, 0.1) is 28.1 Å². The second-order valence-electron chi connectivity index (χ2n) is 17.7. The van der Waals surface area contributed by atoms with Crippen LogP contribution in [0.4, 0.5) is 17.1 Å². The molecule has 0 atom stereocenters. The minimum absolute atomic E-state index is 0.127. The van der Waals surface area contributed by atoms with Crippen LogP contribution in [0.2, 0.25) is 0 Å². The summed E-state index contributed by atoms with van der Waals surface area (Å²) in [4.78, 5) is 2.59. The Hall–Kier alpha value is -7.16. The summed E-state index contributed by atoms with van der Waals surface area (Å²) in [5.74, 6) is 0. The molecule has 2 heteroatoms. The average molecular weight is 769 g/mol. The van der Waals surface area contributed by atoms with Crippen molar-refractivity contribution in [3.05, 3.63) is 216 Å². The molecule has 10 aromatic rings. The highest BCUT2D eigenvalue weighted by atomic mass is 15.2. The molecule has 0 saturated carbocycles. The zero-order valence-electron chi connectivity index (χ0n) is 34.4. The van der Waals surface area contributed by atoms with Crippen LogP contribution in [0.15, 0.2) is 194 Å². The maximum atomic E-state index is 2.59. The molecule has 60 heavy (non-hydrogen) atoms. The number of hydrogen-bond donors (Lipinski definition) is 0. The zero-order valence-corrected chi connectivity index (χ0v) is 34.4. The number of fused-ring (bicyclic) bond motifs is 10. The molecule has 2 aliphatic rings. The molecule has 286 valence electrons. The summed E-state index contributed by atoms with van der Waals surface area (Å²) >= 11 is 0. The standard InChI is InChI=1S/C58H44N2/c1-57(2)46-24-9-5-19-44(46)55-48(57)26-15-31-53(55)60(54-32-16-27-49-56(54)45-20-6-10-25-47(45)58(49,3)4)52-30-14-22-40-39(21-13-23-41(40)52)37-33-35-38(36-34-37)59-50-28-11-7-17-42(50)43-18-8-12-29-51(43)59/h5-36H,1-4H3. The van der Waals surface area contributed by atoms with E-state index in [1.165, 1.54) is 105 Å². The molecule has 1 aromatic heterocycles. The van der Waals surface area contributed by atoms with Gasteiger partial charge in [-0.05, 0) is 92.4 Å². The smallest absolute Gasteiger partial charge is 0.0543 e. The third-order valence-electron chi connectivity index (χ3n) is 13.8. The van der Waals surface area contributed by atoms with Gasteiger partial charge in [-0.25, -0.2) is 0 Å². The Morgan fingerprint density at radius 1 is 0.333 bits per heavy atom. The topological polar surface area (TPSA) is 8.17 Å². The molecular weight excluding hydrogens is 725 g/mol. The third kappa shape index (κ3) is 4.76. The Morgan fingerprint density at radius 2 is 0.750 bits per heavy atom. The lowest BCUT2D eigenvalue weighted by molar-refractivity contribution is 0.660. The van der Waals surface area contributed by atoms with E-state index in [0.29, 0.717) is 0 Å². The van der Waals surface area contributed by atoms with Gasteiger partial charge in [-0.1, -0.05) is 179 Å². The minimum atomic E-state index is -0.127. The fourth-order valence-electron chi connectivity index (χ4n) is 11.0. The number of rotatable bonds is 5. The first-order chi connectivity index (χ1) is 29.3. The first kappa shape index (κ1) is 34.8. The number of para-hydroxylation sites is 2. The van der Waals surface area contributed by atoms with Crippen LogP contribution in [0.1, 0.15) is 49.9 Å². The van der Waals surface area contributed by atoms with Crippen LogP contribution in [0.3, 0.4) is 0 Å². The summed E-state index contributed by atoms with van der Waals surface area (Å²) in [6, 6.07) is 72.3. The van der Waals surface area contributed by atoms with Gasteiger partial charge in [0.25, 0.3) is 0 Å². The van der Waals surface area contributed by atoms with Crippen LogP contribution >= 0.6 is 0 Å². The minimum Gasteiger partial charge on any atom is -0.309 e. The van der Waals surface area contributed by atoms with Crippen molar-refractivity contribution >= 4 is 49.6 Å². The van der Waals surface area contributed by atoms with Gasteiger partial charge >= 0.3 is 0 Å². The molecule has 0 bridgehead atoms. The molecule has 0 unspecified atom stereocenters. The summed E-state index contributed by atoms with van der Waals surface area (Å²) in [5, 5.41) is 4.99. The van der Waals surface area contributed by atoms with Crippen LogP contribution in [-0.4, -0.2) is 4.57 Å². The fraction of sp³-hybridized carbons (Fsp3) is 0.103. The van der Waals surface area contributed by atoms with Crippen LogP contribution in [0, 0.1) is 0 Å². The second kappa shape index (κ2) is 12.7. The van der Waals surface area contributed by atoms with Crippen molar-refractivity contribution in [1.82, 2.24) is 4.57 Å². The third-order valence-corrected chi connectivity index (χ3v) is 13.8. The van der Waals surface area contributed by atoms with Gasteiger partial charge in [0, 0.05) is 43.8 Å². The average Bonchev–Trinajstić information content (AvgIpc) is 3.84. The lowest BCUT2D eigenvalue weighted by Crippen LogP contribution is -2.17. The molecule has 9 aromatic carbocycles. The van der Waals surface area contributed by atoms with Crippen molar-refractivity contribution in [3.8, 4) is 39.1 Å². The van der Waals surface area contributed by atoms with E-state index in [1.807, 2.05) is 0 Å². The molecule has 0 saturated heterocycles. The molecule has 0 radical (unpaired) electrons. The van der Waals surface area contributed by atoms with Crippen molar-refractivity contribution in [1.29, 1.82) is 0 Å². The van der Waals surface area contributed by atoms with Crippen LogP contribution in [0.25, 0.3) is 71.6 Å². The summed E-state index contributed by atoms with van der Waals surface area (Å²) < 4.78 is 2.39.